The molecule has 0 bridgehead atoms. The molecule has 1 saturated heterocycles. The molecule has 10 heteroatoms. The van der Waals surface area contributed by atoms with Crippen LogP contribution in [0.15, 0.2) is 34.7 Å². The number of nitrogens with one attached hydrogen (secondary N) is 1. The monoisotopic (exact) mass is 451 g/mol. The first-order valence-corrected chi connectivity index (χ1v) is 12.4. The summed E-state index contributed by atoms with van der Waals surface area (Å²) in [6.45, 7) is 1.50. The quantitative estimate of drug-likeness (QED) is 0.694. The maximum Gasteiger partial charge on any atom is 0.263 e. The Morgan fingerprint density at radius 2 is 2.03 bits per heavy atom. The van der Waals surface area contributed by atoms with Crippen molar-refractivity contribution in [1.82, 2.24) is 14.6 Å². The summed E-state index contributed by atoms with van der Waals surface area (Å²) < 4.78 is 38.5. The van der Waals surface area contributed by atoms with Gasteiger partial charge in [0.25, 0.3) is 5.91 Å². The highest BCUT2D eigenvalue weighted by Crippen LogP contribution is 2.27. The zero-order valence-electron chi connectivity index (χ0n) is 16.6. The summed E-state index contributed by atoms with van der Waals surface area (Å²) in [5, 5.41) is 4.45. The van der Waals surface area contributed by atoms with Crippen molar-refractivity contribution < 1.29 is 22.7 Å². The van der Waals surface area contributed by atoms with Crippen LogP contribution in [-0.4, -0.2) is 56.0 Å². The van der Waals surface area contributed by atoms with Gasteiger partial charge in [-0.15, -0.1) is 11.3 Å². The first-order chi connectivity index (χ1) is 14.6. The van der Waals surface area contributed by atoms with Crippen LogP contribution in [0.5, 0.6) is 5.88 Å². The highest BCUT2D eigenvalue weighted by Gasteiger charge is 2.31. The lowest BCUT2D eigenvalue weighted by Crippen LogP contribution is -2.41. The second-order valence-electron chi connectivity index (χ2n) is 7.31. The molecule has 1 aliphatic carbocycles. The van der Waals surface area contributed by atoms with Gasteiger partial charge in [0.15, 0.2) is 0 Å². The van der Waals surface area contributed by atoms with E-state index in [4.69, 9.17) is 9.47 Å². The molecule has 2 aromatic heterocycles. The van der Waals surface area contributed by atoms with Gasteiger partial charge in [-0.05, 0) is 43.2 Å². The molecule has 3 heterocycles. The predicted octanol–water partition coefficient (Wildman–Crippen LogP) is 2.42. The van der Waals surface area contributed by atoms with E-state index in [1.807, 2.05) is 6.07 Å². The SMILES string of the molecule is O=C(NCc1cccnc1OC1CCCC1)c1sccc1S(=O)(=O)N1CCOCC1. The van der Waals surface area contributed by atoms with Crippen LogP contribution in [0.1, 0.15) is 40.9 Å². The lowest BCUT2D eigenvalue weighted by molar-refractivity contribution is 0.0730. The van der Waals surface area contributed by atoms with Gasteiger partial charge in [0.1, 0.15) is 15.9 Å². The number of pyridine rings is 1. The van der Waals surface area contributed by atoms with Crippen LogP contribution in [-0.2, 0) is 21.3 Å². The minimum absolute atomic E-state index is 0.0421. The minimum Gasteiger partial charge on any atom is -0.474 e. The molecule has 0 radical (unpaired) electrons. The summed E-state index contributed by atoms with van der Waals surface area (Å²) in [5.74, 6) is 0.101. The molecule has 0 spiro atoms. The zero-order chi connectivity index (χ0) is 21.0. The van der Waals surface area contributed by atoms with E-state index in [9.17, 15) is 13.2 Å². The highest BCUT2D eigenvalue weighted by atomic mass is 32.2. The Balaban J connectivity index is 1.45. The number of amides is 1. The number of hydrogen-bond donors (Lipinski definition) is 1. The molecule has 0 atom stereocenters. The summed E-state index contributed by atoms with van der Waals surface area (Å²) in [4.78, 5) is 17.4. The third-order valence-corrected chi connectivity index (χ3v) is 8.28. The molecular formula is C20H25N3O5S2. The summed E-state index contributed by atoms with van der Waals surface area (Å²) in [6, 6.07) is 5.14. The van der Waals surface area contributed by atoms with E-state index in [1.54, 1.807) is 17.6 Å². The second kappa shape index (κ2) is 9.42. The van der Waals surface area contributed by atoms with Gasteiger partial charge in [0, 0.05) is 31.4 Å². The Hall–Kier alpha value is -2.01. The highest BCUT2D eigenvalue weighted by molar-refractivity contribution is 7.89. The van der Waals surface area contributed by atoms with Crippen LogP contribution in [0.3, 0.4) is 0 Å². The average molecular weight is 452 g/mol. The van der Waals surface area contributed by atoms with Gasteiger partial charge in [-0.1, -0.05) is 6.07 Å². The number of aromatic nitrogens is 1. The maximum absolute atomic E-state index is 13.0. The molecule has 1 saturated carbocycles. The van der Waals surface area contributed by atoms with Crippen molar-refractivity contribution in [2.75, 3.05) is 26.3 Å². The van der Waals surface area contributed by atoms with Gasteiger partial charge in [0.05, 0.1) is 13.2 Å². The van der Waals surface area contributed by atoms with Crippen molar-refractivity contribution in [1.29, 1.82) is 0 Å². The number of ether oxygens (including phenoxy) is 2. The van der Waals surface area contributed by atoms with Gasteiger partial charge < -0.3 is 14.8 Å². The first-order valence-electron chi connectivity index (χ1n) is 10.1. The van der Waals surface area contributed by atoms with Gasteiger partial charge in [0.2, 0.25) is 15.9 Å². The van der Waals surface area contributed by atoms with Crippen molar-refractivity contribution >= 4 is 27.3 Å². The lowest BCUT2D eigenvalue weighted by atomic mass is 10.2. The van der Waals surface area contributed by atoms with E-state index in [1.165, 1.54) is 10.4 Å². The molecule has 2 fully saturated rings. The largest absolute Gasteiger partial charge is 0.474 e. The fourth-order valence-corrected chi connectivity index (χ4v) is 6.40. The normalized spacial score (nSPS) is 18.4. The molecule has 2 aromatic rings. The number of sulfonamides is 1. The topological polar surface area (TPSA) is 97.8 Å². The smallest absolute Gasteiger partial charge is 0.263 e. The molecule has 1 amide bonds. The lowest BCUT2D eigenvalue weighted by Gasteiger charge is -2.26. The van der Waals surface area contributed by atoms with E-state index < -0.39 is 15.9 Å². The third kappa shape index (κ3) is 4.66. The maximum atomic E-state index is 13.0. The van der Waals surface area contributed by atoms with E-state index in [0.29, 0.717) is 19.1 Å². The standard InChI is InChI=1S/C20H25N3O5S2/c24-19(18-17(7-13-29-18)30(25,26)23-9-11-27-12-10-23)22-14-15-4-3-8-21-20(15)28-16-5-1-2-6-16/h3-4,7-8,13,16H,1-2,5-6,9-12,14H2,(H,22,24). The van der Waals surface area contributed by atoms with Crippen molar-refractivity contribution in [2.24, 2.45) is 0 Å². The molecule has 1 N–H and O–H groups in total. The van der Waals surface area contributed by atoms with Crippen molar-refractivity contribution in [3.8, 4) is 5.88 Å². The van der Waals surface area contributed by atoms with E-state index in [-0.39, 0.29) is 35.5 Å². The van der Waals surface area contributed by atoms with Gasteiger partial charge >= 0.3 is 0 Å². The molecular weight excluding hydrogens is 426 g/mol. The predicted molar refractivity (Wildman–Crippen MR) is 112 cm³/mol. The van der Waals surface area contributed by atoms with E-state index in [0.717, 1.165) is 42.6 Å². The summed E-state index contributed by atoms with van der Waals surface area (Å²) in [6.07, 6.45) is 6.17. The van der Waals surface area contributed by atoms with Crippen molar-refractivity contribution in [2.45, 2.75) is 43.2 Å². The van der Waals surface area contributed by atoms with Gasteiger partial charge in [-0.2, -0.15) is 4.31 Å². The molecule has 162 valence electrons. The fraction of sp³-hybridized carbons (Fsp3) is 0.500. The Labute approximate surface area is 180 Å². The van der Waals surface area contributed by atoms with Crippen LogP contribution in [0.25, 0.3) is 0 Å². The number of rotatable bonds is 7. The van der Waals surface area contributed by atoms with Crippen LogP contribution in [0.4, 0.5) is 0 Å². The van der Waals surface area contributed by atoms with Gasteiger partial charge in [-0.25, -0.2) is 13.4 Å². The Morgan fingerprint density at radius 1 is 1.27 bits per heavy atom. The van der Waals surface area contributed by atoms with E-state index in [2.05, 4.69) is 10.3 Å². The number of nitrogens with zero attached hydrogens (tertiary/aromatic N) is 2. The summed E-state index contributed by atoms with van der Waals surface area (Å²) >= 11 is 1.12. The number of morpholine rings is 1. The number of hydrogen-bond acceptors (Lipinski definition) is 7. The van der Waals surface area contributed by atoms with Crippen LogP contribution >= 0.6 is 11.3 Å². The molecule has 0 unspecified atom stereocenters. The summed E-state index contributed by atoms with van der Waals surface area (Å²) in [5.41, 5.74) is 0.770. The van der Waals surface area contributed by atoms with Crippen LogP contribution < -0.4 is 10.1 Å². The molecule has 0 aromatic carbocycles. The average Bonchev–Trinajstić information content (AvgIpc) is 3.46. The fourth-order valence-electron chi connectivity index (χ4n) is 3.68. The minimum atomic E-state index is -3.74. The van der Waals surface area contributed by atoms with E-state index >= 15 is 0 Å². The molecule has 8 nitrogen and oxygen atoms in total. The van der Waals surface area contributed by atoms with Crippen molar-refractivity contribution in [3.63, 3.8) is 0 Å². The van der Waals surface area contributed by atoms with Crippen molar-refractivity contribution in [3.05, 3.63) is 40.2 Å². The van der Waals surface area contributed by atoms with Crippen LogP contribution in [0.2, 0.25) is 0 Å². The first kappa shape index (κ1) is 21.2. The molecule has 30 heavy (non-hydrogen) atoms. The zero-order valence-corrected chi connectivity index (χ0v) is 18.2. The third-order valence-electron chi connectivity index (χ3n) is 5.29. The Morgan fingerprint density at radius 3 is 2.80 bits per heavy atom. The second-order valence-corrected chi connectivity index (χ2v) is 10.1. The molecule has 4 rings (SSSR count). The summed E-state index contributed by atoms with van der Waals surface area (Å²) in [7, 11) is -3.74. The Bertz CT molecular complexity index is 980. The van der Waals surface area contributed by atoms with Gasteiger partial charge in [-0.3, -0.25) is 4.79 Å². The molecule has 2 aliphatic rings. The number of carbonyl (C=O) groups is 1. The van der Waals surface area contributed by atoms with Crippen LogP contribution in [0, 0.1) is 0 Å². The number of carbonyl (C=O) groups excluding carboxylic acids is 1. The number of thiophene rings is 1. The Kier molecular flexibility index (Phi) is 6.67. The molecule has 1 aliphatic heterocycles.